The van der Waals surface area contributed by atoms with Crippen LogP contribution in [0.3, 0.4) is 0 Å². The Bertz CT molecular complexity index is 166. The van der Waals surface area contributed by atoms with Crippen molar-refractivity contribution in [3.63, 3.8) is 0 Å². The number of nitrogens with one attached hydrogen (secondary N) is 1. The number of thioether (sulfide) groups is 1. The summed E-state index contributed by atoms with van der Waals surface area (Å²) in [6.45, 7) is 0. The Labute approximate surface area is 70.1 Å². The van der Waals surface area contributed by atoms with Crippen LogP contribution in [0.2, 0.25) is 0 Å². The van der Waals surface area contributed by atoms with E-state index in [2.05, 4.69) is 5.32 Å². The number of urea groups is 1. The van der Waals surface area contributed by atoms with Gasteiger partial charge in [0, 0.05) is 0 Å². The molecule has 0 spiro atoms. The first kappa shape index (κ1) is 10.1. The van der Waals surface area contributed by atoms with Crippen molar-refractivity contribution in [1.82, 2.24) is 5.32 Å². The van der Waals surface area contributed by atoms with Gasteiger partial charge in [-0.3, -0.25) is 0 Å². The number of carbonyl (C=O) groups is 1. The molecule has 11 heavy (non-hydrogen) atoms. The smallest absolute Gasteiger partial charge is 0.313 e. The summed E-state index contributed by atoms with van der Waals surface area (Å²) < 4.78 is 0. The monoisotopic (exact) mass is 173 g/mol. The van der Waals surface area contributed by atoms with E-state index in [9.17, 15) is 4.79 Å². The van der Waals surface area contributed by atoms with E-state index in [1.54, 1.807) is 11.8 Å². The van der Waals surface area contributed by atoms with Crippen LogP contribution in [-0.4, -0.2) is 24.1 Å². The lowest BCUT2D eigenvalue weighted by Gasteiger charge is -2.07. The van der Waals surface area contributed by atoms with E-state index in [4.69, 9.17) is 11.0 Å². The minimum Gasteiger partial charge on any atom is -0.352 e. The van der Waals surface area contributed by atoms with Gasteiger partial charge in [0.1, 0.15) is 6.04 Å². The highest BCUT2D eigenvalue weighted by Crippen LogP contribution is 1.98. The van der Waals surface area contributed by atoms with Gasteiger partial charge in [-0.1, -0.05) is 0 Å². The Morgan fingerprint density at radius 3 is 2.91 bits per heavy atom. The van der Waals surface area contributed by atoms with E-state index in [0.29, 0.717) is 6.42 Å². The third-order valence-corrected chi connectivity index (χ3v) is 1.73. The van der Waals surface area contributed by atoms with Crippen LogP contribution in [0.15, 0.2) is 0 Å². The number of nitrogens with two attached hydrogens (primary N) is 1. The highest BCUT2D eigenvalue weighted by molar-refractivity contribution is 7.98. The lowest BCUT2D eigenvalue weighted by atomic mass is 10.2. The summed E-state index contributed by atoms with van der Waals surface area (Å²) in [5, 5.41) is 10.8. The van der Waals surface area contributed by atoms with Crippen LogP contribution in [0.25, 0.3) is 0 Å². The van der Waals surface area contributed by atoms with Gasteiger partial charge < -0.3 is 11.1 Å². The Morgan fingerprint density at radius 2 is 2.55 bits per heavy atom. The van der Waals surface area contributed by atoms with Crippen molar-refractivity contribution in [2.75, 3.05) is 12.0 Å². The topological polar surface area (TPSA) is 78.9 Å². The minimum atomic E-state index is -0.641. The van der Waals surface area contributed by atoms with Crippen molar-refractivity contribution in [2.45, 2.75) is 12.5 Å². The Balaban J connectivity index is 3.60. The first-order chi connectivity index (χ1) is 5.20. The van der Waals surface area contributed by atoms with E-state index in [0.717, 1.165) is 5.75 Å². The Kier molecular flexibility index (Phi) is 5.39. The van der Waals surface area contributed by atoms with Crippen LogP contribution in [0.4, 0.5) is 4.79 Å². The molecule has 0 rings (SSSR count). The van der Waals surface area contributed by atoms with Crippen molar-refractivity contribution in [1.29, 1.82) is 5.26 Å². The molecule has 0 saturated carbocycles. The van der Waals surface area contributed by atoms with Gasteiger partial charge >= 0.3 is 6.03 Å². The van der Waals surface area contributed by atoms with Gasteiger partial charge in [0.2, 0.25) is 0 Å². The molecule has 62 valence electrons. The zero-order chi connectivity index (χ0) is 8.69. The molecular weight excluding hydrogens is 162 g/mol. The number of carbonyl (C=O) groups excluding carboxylic acids is 1. The molecule has 3 N–H and O–H groups in total. The lowest BCUT2D eigenvalue weighted by molar-refractivity contribution is 0.247. The second kappa shape index (κ2) is 5.86. The maximum absolute atomic E-state index is 10.3. The quantitative estimate of drug-likeness (QED) is 0.641. The third kappa shape index (κ3) is 5.55. The van der Waals surface area contributed by atoms with Gasteiger partial charge in [0.05, 0.1) is 6.07 Å². The molecule has 0 aromatic heterocycles. The molecular formula is C6H11N3OS. The fraction of sp³-hybridized carbons (Fsp3) is 0.667. The number of nitriles is 1. The van der Waals surface area contributed by atoms with Gasteiger partial charge in [-0.05, 0) is 18.4 Å². The van der Waals surface area contributed by atoms with Crippen LogP contribution in [0, 0.1) is 11.3 Å². The molecule has 0 aromatic carbocycles. The lowest BCUT2D eigenvalue weighted by Crippen LogP contribution is -2.38. The molecule has 0 fully saturated rings. The first-order valence-electron chi connectivity index (χ1n) is 3.15. The standard InChI is InChI=1S/C6H11N3OS/c1-11-3-2-5(4-7)9-6(8)10/h5H,2-3H2,1H3,(H3,8,9,10). The average Bonchev–Trinajstić information content (AvgIpc) is 1.97. The molecule has 0 bridgehead atoms. The van der Waals surface area contributed by atoms with Crippen LogP contribution in [0.5, 0.6) is 0 Å². The number of primary amides is 1. The van der Waals surface area contributed by atoms with Crippen molar-refractivity contribution in [3.05, 3.63) is 0 Å². The summed E-state index contributed by atoms with van der Waals surface area (Å²) in [4.78, 5) is 10.3. The fourth-order valence-corrected chi connectivity index (χ4v) is 1.05. The third-order valence-electron chi connectivity index (χ3n) is 1.08. The van der Waals surface area contributed by atoms with Gasteiger partial charge in [0.25, 0.3) is 0 Å². The minimum absolute atomic E-state index is 0.444. The number of hydrogen-bond acceptors (Lipinski definition) is 3. The Morgan fingerprint density at radius 1 is 1.91 bits per heavy atom. The van der Waals surface area contributed by atoms with E-state index in [-0.39, 0.29) is 0 Å². The highest BCUT2D eigenvalue weighted by atomic mass is 32.2. The van der Waals surface area contributed by atoms with Crippen molar-refractivity contribution in [3.8, 4) is 6.07 Å². The Hall–Kier alpha value is -0.890. The maximum Gasteiger partial charge on any atom is 0.313 e. The molecule has 0 aromatic rings. The zero-order valence-corrected chi connectivity index (χ0v) is 7.15. The SMILES string of the molecule is CSCCC(C#N)NC(N)=O. The number of nitrogens with zero attached hydrogens (tertiary/aromatic N) is 1. The predicted molar refractivity (Wildman–Crippen MR) is 45.1 cm³/mol. The molecule has 1 unspecified atom stereocenters. The van der Waals surface area contributed by atoms with Crippen LogP contribution in [-0.2, 0) is 0 Å². The van der Waals surface area contributed by atoms with Crippen molar-refractivity contribution >= 4 is 17.8 Å². The normalized spacial score (nSPS) is 11.6. The molecule has 0 aliphatic heterocycles. The summed E-state index contributed by atoms with van der Waals surface area (Å²) in [6, 6.07) is 0.857. The summed E-state index contributed by atoms with van der Waals surface area (Å²) >= 11 is 1.63. The molecule has 0 saturated heterocycles. The largest absolute Gasteiger partial charge is 0.352 e. The van der Waals surface area contributed by atoms with Crippen molar-refractivity contribution < 1.29 is 4.79 Å². The zero-order valence-electron chi connectivity index (χ0n) is 6.33. The van der Waals surface area contributed by atoms with E-state index in [1.165, 1.54) is 0 Å². The maximum atomic E-state index is 10.3. The summed E-state index contributed by atoms with van der Waals surface area (Å²) in [7, 11) is 0. The van der Waals surface area contributed by atoms with Gasteiger partial charge in [-0.25, -0.2) is 4.79 Å². The second-order valence-corrected chi connectivity index (χ2v) is 2.96. The van der Waals surface area contributed by atoms with Gasteiger partial charge in [-0.2, -0.15) is 17.0 Å². The fourth-order valence-electron chi connectivity index (χ4n) is 0.576. The van der Waals surface area contributed by atoms with E-state index < -0.39 is 12.1 Å². The second-order valence-electron chi connectivity index (χ2n) is 1.97. The van der Waals surface area contributed by atoms with E-state index >= 15 is 0 Å². The molecule has 2 amide bonds. The van der Waals surface area contributed by atoms with Crippen LogP contribution < -0.4 is 11.1 Å². The van der Waals surface area contributed by atoms with E-state index in [1.807, 2.05) is 12.3 Å². The molecule has 0 aliphatic carbocycles. The van der Waals surface area contributed by atoms with Crippen molar-refractivity contribution in [2.24, 2.45) is 5.73 Å². The molecule has 5 heteroatoms. The number of rotatable bonds is 4. The highest BCUT2D eigenvalue weighted by Gasteiger charge is 2.06. The molecule has 1 atom stereocenters. The summed E-state index contributed by atoms with van der Waals surface area (Å²) in [5.74, 6) is 0.846. The van der Waals surface area contributed by atoms with Crippen LogP contribution in [0.1, 0.15) is 6.42 Å². The summed E-state index contributed by atoms with van der Waals surface area (Å²) in [6.07, 6.45) is 2.58. The molecule has 0 heterocycles. The van der Waals surface area contributed by atoms with Crippen LogP contribution >= 0.6 is 11.8 Å². The molecule has 4 nitrogen and oxygen atoms in total. The predicted octanol–water partition coefficient (Wildman–Crippen LogP) is 0.300. The molecule has 0 aliphatic rings. The summed E-state index contributed by atoms with van der Waals surface area (Å²) in [5.41, 5.74) is 4.83. The number of hydrogen-bond donors (Lipinski definition) is 2. The molecule has 0 radical (unpaired) electrons. The number of amides is 2. The van der Waals surface area contributed by atoms with Gasteiger partial charge in [0.15, 0.2) is 0 Å². The average molecular weight is 173 g/mol. The first-order valence-corrected chi connectivity index (χ1v) is 4.54. The van der Waals surface area contributed by atoms with Gasteiger partial charge in [-0.15, -0.1) is 0 Å².